The second-order valence-electron chi connectivity index (χ2n) is 6.74. The van der Waals surface area contributed by atoms with Gasteiger partial charge in [0.15, 0.2) is 0 Å². The Morgan fingerprint density at radius 2 is 1.59 bits per heavy atom. The van der Waals surface area contributed by atoms with E-state index in [-0.39, 0.29) is 4.90 Å². The summed E-state index contributed by atoms with van der Waals surface area (Å²) in [7, 11) is -3.68. The molecule has 0 aliphatic heterocycles. The van der Waals surface area contributed by atoms with Gasteiger partial charge < -0.3 is 9.64 Å². The normalized spacial score (nSPS) is 11.4. The van der Waals surface area contributed by atoms with Crippen molar-refractivity contribution in [3.05, 3.63) is 59.7 Å². The van der Waals surface area contributed by atoms with Crippen molar-refractivity contribution in [1.29, 1.82) is 0 Å². The molecule has 0 spiro atoms. The van der Waals surface area contributed by atoms with E-state index in [1.165, 1.54) is 0 Å². The third-order valence-electron chi connectivity index (χ3n) is 4.68. The molecule has 158 valence electrons. The summed E-state index contributed by atoms with van der Waals surface area (Å²) in [6.07, 6.45) is 1.93. The Kier molecular flexibility index (Phi) is 8.67. The Morgan fingerprint density at radius 1 is 0.966 bits per heavy atom. The number of rotatable bonds is 11. The minimum Gasteiger partial charge on any atom is -0.461 e. The average Bonchev–Trinajstić information content (AvgIpc) is 2.72. The smallest absolute Gasteiger partial charge is 0.338 e. The Balaban J connectivity index is 1.96. The number of likely N-dealkylation sites (N-methyl/N-ethyl adjacent to an activating group) is 1. The van der Waals surface area contributed by atoms with Gasteiger partial charge >= 0.3 is 5.97 Å². The highest BCUT2D eigenvalue weighted by molar-refractivity contribution is 7.92. The van der Waals surface area contributed by atoms with Crippen LogP contribution in [-0.2, 0) is 21.2 Å². The molecule has 1 N–H and O–H groups in total. The van der Waals surface area contributed by atoms with Crippen LogP contribution in [0, 0.1) is 0 Å². The molecular weight excluding hydrogens is 388 g/mol. The van der Waals surface area contributed by atoms with Crippen LogP contribution in [0.1, 0.15) is 43.1 Å². The number of aryl methyl sites for hydroxylation is 1. The standard InChI is InChI=1S/C22H30N2O4S/c1-4-7-18-8-14-21(15-9-18)29(26,27)23-20-12-10-19(11-13-20)22(25)28-17-16-24(5-2)6-3/h8-15,23H,4-7,16-17H2,1-3H3. The maximum absolute atomic E-state index is 12.5. The molecule has 29 heavy (non-hydrogen) atoms. The van der Waals surface area contributed by atoms with Crippen LogP contribution in [0.25, 0.3) is 0 Å². The molecular formula is C22H30N2O4S. The fourth-order valence-electron chi connectivity index (χ4n) is 2.90. The maximum Gasteiger partial charge on any atom is 0.338 e. The molecule has 0 amide bonds. The fourth-order valence-corrected chi connectivity index (χ4v) is 3.96. The zero-order valence-electron chi connectivity index (χ0n) is 17.3. The summed E-state index contributed by atoms with van der Waals surface area (Å²) in [4.78, 5) is 14.5. The molecule has 6 nitrogen and oxygen atoms in total. The molecule has 0 heterocycles. The molecule has 0 aliphatic rings. The molecule has 0 unspecified atom stereocenters. The first kappa shape index (κ1) is 22.9. The van der Waals surface area contributed by atoms with Crippen LogP contribution in [0.3, 0.4) is 0 Å². The van der Waals surface area contributed by atoms with Gasteiger partial charge in [0, 0.05) is 12.2 Å². The van der Waals surface area contributed by atoms with E-state index in [4.69, 9.17) is 4.74 Å². The van der Waals surface area contributed by atoms with Gasteiger partial charge in [0.1, 0.15) is 6.61 Å². The molecule has 0 aliphatic carbocycles. The summed E-state index contributed by atoms with van der Waals surface area (Å²) in [5.74, 6) is -0.418. The number of nitrogens with one attached hydrogen (secondary N) is 1. The third kappa shape index (κ3) is 6.87. The number of hydrogen-bond acceptors (Lipinski definition) is 5. The summed E-state index contributed by atoms with van der Waals surface area (Å²) in [6.45, 7) is 9.02. The number of sulfonamides is 1. The van der Waals surface area contributed by atoms with Crippen molar-refractivity contribution in [2.75, 3.05) is 31.0 Å². The summed E-state index contributed by atoms with van der Waals surface area (Å²) < 4.78 is 32.9. The molecule has 7 heteroatoms. The van der Waals surface area contributed by atoms with Crippen molar-refractivity contribution in [1.82, 2.24) is 4.90 Å². The Morgan fingerprint density at radius 3 is 2.14 bits per heavy atom. The molecule has 0 bridgehead atoms. The number of benzene rings is 2. The van der Waals surface area contributed by atoms with Gasteiger partial charge in [0.05, 0.1) is 10.5 Å². The van der Waals surface area contributed by atoms with E-state index in [0.29, 0.717) is 24.4 Å². The number of hydrogen-bond donors (Lipinski definition) is 1. The van der Waals surface area contributed by atoms with Gasteiger partial charge in [-0.1, -0.05) is 39.3 Å². The van der Waals surface area contributed by atoms with Crippen molar-refractivity contribution < 1.29 is 17.9 Å². The molecule has 2 aromatic rings. The average molecular weight is 419 g/mol. The second-order valence-corrected chi connectivity index (χ2v) is 8.42. The quantitative estimate of drug-likeness (QED) is 0.560. The van der Waals surface area contributed by atoms with E-state index in [0.717, 1.165) is 31.5 Å². The van der Waals surface area contributed by atoms with Crippen LogP contribution in [0.15, 0.2) is 53.4 Å². The minimum absolute atomic E-state index is 0.206. The summed E-state index contributed by atoms with van der Waals surface area (Å²) >= 11 is 0. The predicted molar refractivity (Wildman–Crippen MR) is 116 cm³/mol. The number of ether oxygens (including phenoxy) is 1. The lowest BCUT2D eigenvalue weighted by atomic mass is 10.1. The van der Waals surface area contributed by atoms with Crippen LogP contribution in [0.4, 0.5) is 5.69 Å². The Bertz CT molecular complexity index is 874. The van der Waals surface area contributed by atoms with Crippen molar-refractivity contribution in [2.24, 2.45) is 0 Å². The van der Waals surface area contributed by atoms with Gasteiger partial charge in [-0.2, -0.15) is 0 Å². The number of esters is 1. The molecule has 0 radical (unpaired) electrons. The molecule has 0 aromatic heterocycles. The van der Waals surface area contributed by atoms with Gasteiger partial charge in [-0.15, -0.1) is 0 Å². The van der Waals surface area contributed by atoms with Crippen LogP contribution in [-0.4, -0.2) is 45.5 Å². The lowest BCUT2D eigenvalue weighted by molar-refractivity contribution is 0.0466. The third-order valence-corrected chi connectivity index (χ3v) is 6.08. The van der Waals surface area contributed by atoms with E-state index >= 15 is 0 Å². The van der Waals surface area contributed by atoms with Crippen molar-refractivity contribution in [3.63, 3.8) is 0 Å². The second kappa shape index (κ2) is 11.0. The van der Waals surface area contributed by atoms with Crippen LogP contribution in [0.2, 0.25) is 0 Å². The summed E-state index contributed by atoms with van der Waals surface area (Å²) in [6, 6.07) is 13.1. The Labute approximate surface area is 173 Å². The van der Waals surface area contributed by atoms with Crippen molar-refractivity contribution in [3.8, 4) is 0 Å². The SMILES string of the molecule is CCCc1ccc(S(=O)(=O)Nc2ccc(C(=O)OCCN(CC)CC)cc2)cc1. The monoisotopic (exact) mass is 418 g/mol. The lowest BCUT2D eigenvalue weighted by Crippen LogP contribution is -2.27. The molecule has 0 atom stereocenters. The van der Waals surface area contributed by atoms with Gasteiger partial charge in [-0.25, -0.2) is 13.2 Å². The van der Waals surface area contributed by atoms with E-state index in [1.54, 1.807) is 36.4 Å². The number of nitrogens with zero attached hydrogens (tertiary/aromatic N) is 1. The van der Waals surface area contributed by atoms with Gasteiger partial charge in [-0.3, -0.25) is 4.72 Å². The molecule has 2 aromatic carbocycles. The van der Waals surface area contributed by atoms with E-state index in [9.17, 15) is 13.2 Å². The lowest BCUT2D eigenvalue weighted by Gasteiger charge is -2.17. The largest absolute Gasteiger partial charge is 0.461 e. The van der Waals surface area contributed by atoms with E-state index < -0.39 is 16.0 Å². The first-order valence-electron chi connectivity index (χ1n) is 10.0. The highest BCUT2D eigenvalue weighted by Gasteiger charge is 2.15. The van der Waals surface area contributed by atoms with E-state index in [1.807, 2.05) is 12.1 Å². The number of carbonyl (C=O) groups excluding carboxylic acids is 1. The Hall–Kier alpha value is -2.38. The first-order chi connectivity index (χ1) is 13.9. The van der Waals surface area contributed by atoms with Gasteiger partial charge in [0.25, 0.3) is 10.0 Å². The summed E-state index contributed by atoms with van der Waals surface area (Å²) in [5.41, 5.74) is 1.88. The highest BCUT2D eigenvalue weighted by atomic mass is 32.2. The maximum atomic E-state index is 12.5. The minimum atomic E-state index is -3.68. The molecule has 0 fully saturated rings. The topological polar surface area (TPSA) is 75.7 Å². The van der Waals surface area contributed by atoms with Gasteiger partial charge in [-0.05, 0) is 61.5 Å². The number of carbonyl (C=O) groups is 1. The first-order valence-corrected chi connectivity index (χ1v) is 11.5. The fraction of sp³-hybridized carbons (Fsp3) is 0.409. The van der Waals surface area contributed by atoms with Crippen LogP contribution in [0.5, 0.6) is 0 Å². The van der Waals surface area contributed by atoms with Crippen molar-refractivity contribution in [2.45, 2.75) is 38.5 Å². The molecule has 0 saturated heterocycles. The van der Waals surface area contributed by atoms with Crippen LogP contribution < -0.4 is 4.72 Å². The zero-order valence-corrected chi connectivity index (χ0v) is 18.2. The van der Waals surface area contributed by atoms with Gasteiger partial charge in [0.2, 0.25) is 0 Å². The highest BCUT2D eigenvalue weighted by Crippen LogP contribution is 2.18. The predicted octanol–water partition coefficient (Wildman–Crippen LogP) is 3.94. The molecule has 2 rings (SSSR count). The summed E-state index contributed by atoms with van der Waals surface area (Å²) in [5, 5.41) is 0. The van der Waals surface area contributed by atoms with E-state index in [2.05, 4.69) is 30.4 Å². The molecule has 0 saturated carbocycles. The van der Waals surface area contributed by atoms with Crippen LogP contribution >= 0.6 is 0 Å². The number of anilines is 1. The van der Waals surface area contributed by atoms with Crippen molar-refractivity contribution >= 4 is 21.7 Å². The zero-order chi connectivity index (χ0) is 21.3.